The molecule has 1 fully saturated rings. The molecule has 0 unspecified atom stereocenters. The zero-order chi connectivity index (χ0) is 12.4. The number of nitriles is 1. The molecule has 1 saturated carbocycles. The highest BCUT2D eigenvalue weighted by molar-refractivity contribution is 7.99. The van der Waals surface area contributed by atoms with Crippen LogP contribution in [0, 0.1) is 11.3 Å². The number of thioether (sulfide) groups is 1. The number of aromatic nitrogens is 2. The smallest absolute Gasteiger partial charge is 0.191 e. The van der Waals surface area contributed by atoms with Crippen LogP contribution in [0.25, 0.3) is 10.9 Å². The molecule has 3 rings (SSSR count). The number of nitrogens with one attached hydrogen (secondary N) is 1. The van der Waals surface area contributed by atoms with Gasteiger partial charge in [0.2, 0.25) is 0 Å². The van der Waals surface area contributed by atoms with Gasteiger partial charge >= 0.3 is 0 Å². The van der Waals surface area contributed by atoms with Crippen molar-refractivity contribution in [2.24, 2.45) is 0 Å². The molecule has 18 heavy (non-hydrogen) atoms. The van der Waals surface area contributed by atoms with E-state index in [1.807, 2.05) is 24.3 Å². The van der Waals surface area contributed by atoms with Crippen LogP contribution in [0.15, 0.2) is 29.4 Å². The summed E-state index contributed by atoms with van der Waals surface area (Å²) in [5, 5.41) is 13.8. The Hall–Kier alpha value is -1.80. The molecular weight excluding hydrogens is 244 g/mol. The predicted octanol–water partition coefficient (Wildman–Crippen LogP) is 2.82. The molecule has 1 heterocycles. The number of nitrogens with zero attached hydrogens (tertiary/aromatic N) is 3. The van der Waals surface area contributed by atoms with Crippen molar-refractivity contribution in [1.82, 2.24) is 9.97 Å². The molecule has 0 aliphatic heterocycles. The third-order valence-electron chi connectivity index (χ3n) is 2.77. The van der Waals surface area contributed by atoms with Crippen LogP contribution in [0.4, 0.5) is 5.82 Å². The summed E-state index contributed by atoms with van der Waals surface area (Å²) in [6.45, 7) is 0. The van der Waals surface area contributed by atoms with Crippen LogP contribution in [0.1, 0.15) is 12.8 Å². The van der Waals surface area contributed by atoms with Gasteiger partial charge in [-0.25, -0.2) is 9.97 Å². The Morgan fingerprint density at radius 2 is 2.17 bits per heavy atom. The van der Waals surface area contributed by atoms with Gasteiger partial charge in [0.05, 0.1) is 17.3 Å². The molecule has 1 aromatic heterocycles. The van der Waals surface area contributed by atoms with Crippen molar-refractivity contribution in [3.63, 3.8) is 0 Å². The minimum absolute atomic E-state index is 0.376. The standard InChI is InChI=1S/C13H12N4S/c14-7-8-18-13-16-11-4-2-1-3-10(11)12(17-13)15-9-5-6-9/h1-4,9H,5-6,8H2,(H,15,16,17). The fourth-order valence-corrected chi connectivity index (χ4v) is 2.26. The Bertz CT molecular complexity index is 616. The lowest BCUT2D eigenvalue weighted by atomic mass is 10.2. The Morgan fingerprint density at radius 3 is 2.94 bits per heavy atom. The summed E-state index contributed by atoms with van der Waals surface area (Å²) in [6.07, 6.45) is 2.41. The SMILES string of the molecule is N#CCSc1nc(NC2CC2)c2ccccc2n1. The largest absolute Gasteiger partial charge is 0.367 e. The fraction of sp³-hybridized carbons (Fsp3) is 0.308. The van der Waals surface area contributed by atoms with E-state index in [4.69, 9.17) is 5.26 Å². The van der Waals surface area contributed by atoms with Gasteiger partial charge in [0, 0.05) is 11.4 Å². The molecular formula is C13H12N4S. The minimum atomic E-state index is 0.376. The van der Waals surface area contributed by atoms with E-state index < -0.39 is 0 Å². The highest BCUT2D eigenvalue weighted by Crippen LogP contribution is 2.29. The van der Waals surface area contributed by atoms with Crippen LogP contribution in [0.5, 0.6) is 0 Å². The molecule has 0 spiro atoms. The predicted molar refractivity (Wildman–Crippen MR) is 72.5 cm³/mol. The van der Waals surface area contributed by atoms with Crippen LogP contribution in [0.2, 0.25) is 0 Å². The lowest BCUT2D eigenvalue weighted by Gasteiger charge is -2.09. The quantitative estimate of drug-likeness (QED) is 0.673. The van der Waals surface area contributed by atoms with Crippen LogP contribution in [0.3, 0.4) is 0 Å². The third kappa shape index (κ3) is 2.39. The average Bonchev–Trinajstić information content (AvgIpc) is 3.20. The molecule has 0 atom stereocenters. The second kappa shape index (κ2) is 4.83. The lowest BCUT2D eigenvalue weighted by molar-refractivity contribution is 0.986. The van der Waals surface area contributed by atoms with Crippen LogP contribution in [-0.2, 0) is 0 Å². The Balaban J connectivity index is 2.02. The van der Waals surface area contributed by atoms with E-state index in [-0.39, 0.29) is 0 Å². The molecule has 1 aromatic carbocycles. The first-order valence-electron chi connectivity index (χ1n) is 5.90. The summed E-state index contributed by atoms with van der Waals surface area (Å²) in [6, 6.07) is 10.6. The first kappa shape index (κ1) is 11.3. The van der Waals surface area contributed by atoms with E-state index in [2.05, 4.69) is 21.4 Å². The van der Waals surface area contributed by atoms with E-state index >= 15 is 0 Å². The third-order valence-corrected chi connectivity index (χ3v) is 3.48. The highest BCUT2D eigenvalue weighted by Gasteiger charge is 2.22. The van der Waals surface area contributed by atoms with Gasteiger partial charge in [-0.1, -0.05) is 23.9 Å². The van der Waals surface area contributed by atoms with Gasteiger partial charge in [0.1, 0.15) is 5.82 Å². The van der Waals surface area contributed by atoms with Gasteiger partial charge < -0.3 is 5.32 Å². The summed E-state index contributed by atoms with van der Waals surface area (Å²) >= 11 is 1.37. The number of hydrogen-bond donors (Lipinski definition) is 1. The molecule has 0 bridgehead atoms. The zero-order valence-electron chi connectivity index (χ0n) is 9.76. The molecule has 0 radical (unpaired) electrons. The van der Waals surface area contributed by atoms with Crippen LogP contribution in [-0.4, -0.2) is 21.8 Å². The zero-order valence-corrected chi connectivity index (χ0v) is 10.6. The molecule has 0 saturated heterocycles. The average molecular weight is 256 g/mol. The Labute approximate surface area is 109 Å². The lowest BCUT2D eigenvalue weighted by Crippen LogP contribution is -2.05. The first-order valence-corrected chi connectivity index (χ1v) is 6.88. The van der Waals surface area contributed by atoms with Crippen molar-refractivity contribution in [3.05, 3.63) is 24.3 Å². The molecule has 0 amide bonds. The maximum atomic E-state index is 8.62. The number of fused-ring (bicyclic) bond motifs is 1. The van der Waals surface area contributed by atoms with E-state index in [1.54, 1.807) is 0 Å². The van der Waals surface area contributed by atoms with Gasteiger partial charge in [-0.05, 0) is 25.0 Å². The number of hydrogen-bond acceptors (Lipinski definition) is 5. The summed E-state index contributed by atoms with van der Waals surface area (Å²) in [7, 11) is 0. The van der Waals surface area contributed by atoms with E-state index in [9.17, 15) is 0 Å². The number of anilines is 1. The van der Waals surface area contributed by atoms with Crippen molar-refractivity contribution in [3.8, 4) is 6.07 Å². The van der Waals surface area contributed by atoms with Gasteiger partial charge in [0.25, 0.3) is 0 Å². The monoisotopic (exact) mass is 256 g/mol. The molecule has 1 aliphatic rings. The molecule has 90 valence electrons. The first-order chi connectivity index (χ1) is 8.86. The summed E-state index contributed by atoms with van der Waals surface area (Å²) in [5.41, 5.74) is 0.927. The second-order valence-electron chi connectivity index (χ2n) is 4.24. The fourth-order valence-electron chi connectivity index (χ4n) is 1.75. The van der Waals surface area contributed by atoms with Gasteiger partial charge in [-0.15, -0.1) is 0 Å². The summed E-state index contributed by atoms with van der Waals surface area (Å²) in [5.74, 6) is 1.27. The van der Waals surface area contributed by atoms with Crippen LogP contribution >= 0.6 is 11.8 Å². The minimum Gasteiger partial charge on any atom is -0.367 e. The van der Waals surface area contributed by atoms with Crippen molar-refractivity contribution in [1.29, 1.82) is 5.26 Å². The number of rotatable bonds is 4. The van der Waals surface area contributed by atoms with E-state index in [0.717, 1.165) is 16.7 Å². The maximum absolute atomic E-state index is 8.62. The summed E-state index contributed by atoms with van der Waals surface area (Å²) < 4.78 is 0. The highest BCUT2D eigenvalue weighted by atomic mass is 32.2. The number of benzene rings is 1. The molecule has 2 aromatic rings. The molecule has 1 aliphatic carbocycles. The second-order valence-corrected chi connectivity index (χ2v) is 5.18. The van der Waals surface area contributed by atoms with E-state index in [0.29, 0.717) is 17.0 Å². The topological polar surface area (TPSA) is 61.6 Å². The van der Waals surface area contributed by atoms with Crippen molar-refractivity contribution < 1.29 is 0 Å². The normalized spacial score (nSPS) is 14.4. The molecule has 1 N–H and O–H groups in total. The maximum Gasteiger partial charge on any atom is 0.191 e. The van der Waals surface area contributed by atoms with Crippen molar-refractivity contribution >= 4 is 28.5 Å². The Morgan fingerprint density at radius 1 is 1.33 bits per heavy atom. The Kier molecular flexibility index (Phi) is 3.03. The van der Waals surface area contributed by atoms with Gasteiger partial charge in [-0.3, -0.25) is 0 Å². The molecule has 4 nitrogen and oxygen atoms in total. The van der Waals surface area contributed by atoms with Crippen molar-refractivity contribution in [2.45, 2.75) is 24.0 Å². The van der Waals surface area contributed by atoms with Gasteiger partial charge in [-0.2, -0.15) is 5.26 Å². The van der Waals surface area contributed by atoms with E-state index in [1.165, 1.54) is 24.6 Å². The van der Waals surface area contributed by atoms with Crippen molar-refractivity contribution in [2.75, 3.05) is 11.1 Å². The van der Waals surface area contributed by atoms with Crippen LogP contribution < -0.4 is 5.32 Å². The van der Waals surface area contributed by atoms with Gasteiger partial charge in [0.15, 0.2) is 5.16 Å². The molecule has 5 heteroatoms. The number of para-hydroxylation sites is 1. The summed E-state index contributed by atoms with van der Waals surface area (Å²) in [4.78, 5) is 8.97.